The molecule has 10 nitrogen and oxygen atoms in total. The summed E-state index contributed by atoms with van der Waals surface area (Å²) in [4.78, 5) is 20.4. The number of hydrogen-bond donors (Lipinski definition) is 2. The minimum absolute atomic E-state index is 0.0432. The van der Waals surface area contributed by atoms with Crippen LogP contribution in [0.5, 0.6) is 0 Å². The van der Waals surface area contributed by atoms with Gasteiger partial charge in [0.05, 0.1) is 34.0 Å². The molecule has 2 aromatic carbocycles. The van der Waals surface area contributed by atoms with Crippen molar-refractivity contribution >= 4 is 23.3 Å². The van der Waals surface area contributed by atoms with Gasteiger partial charge in [0.2, 0.25) is 0 Å². The predicted molar refractivity (Wildman–Crippen MR) is 95.0 cm³/mol. The van der Waals surface area contributed by atoms with Crippen molar-refractivity contribution < 1.29 is 9.85 Å². The van der Waals surface area contributed by atoms with Crippen molar-refractivity contribution in [3.8, 4) is 11.3 Å². The highest BCUT2D eigenvalue weighted by molar-refractivity contribution is 5.89. The maximum Gasteiger partial charge on any atom is 0.301 e. The Hall–Kier alpha value is -4.08. The summed E-state index contributed by atoms with van der Waals surface area (Å²) in [5.41, 5.74) is 4.11. The summed E-state index contributed by atoms with van der Waals surface area (Å²) in [5, 5.41) is 32.7. The van der Waals surface area contributed by atoms with Gasteiger partial charge in [-0.2, -0.15) is 10.2 Å². The maximum atomic E-state index is 11.1. The quantitative estimate of drug-likeness (QED) is 0.396. The number of nitrogens with one attached hydrogen (secondary N) is 2. The SMILES string of the molecule is O=[N+]([O-])c1ccc(N/N=C\c2cn[nH]c2-c2ccccc2)c([N+](=O)[O-])c1. The van der Waals surface area contributed by atoms with Crippen LogP contribution in [0.2, 0.25) is 0 Å². The lowest BCUT2D eigenvalue weighted by atomic mass is 10.1. The number of nitrogens with zero attached hydrogens (tertiary/aromatic N) is 4. The molecule has 2 N–H and O–H groups in total. The third-order valence-electron chi connectivity index (χ3n) is 3.51. The van der Waals surface area contributed by atoms with Gasteiger partial charge in [-0.1, -0.05) is 30.3 Å². The Balaban J connectivity index is 1.83. The number of aromatic nitrogens is 2. The number of rotatable bonds is 6. The first kappa shape index (κ1) is 16.8. The second-order valence-corrected chi connectivity index (χ2v) is 5.15. The van der Waals surface area contributed by atoms with Gasteiger partial charge in [-0.3, -0.25) is 30.8 Å². The van der Waals surface area contributed by atoms with Gasteiger partial charge in [0.25, 0.3) is 5.69 Å². The van der Waals surface area contributed by atoms with E-state index < -0.39 is 15.5 Å². The highest BCUT2D eigenvalue weighted by atomic mass is 16.6. The lowest BCUT2D eigenvalue weighted by molar-refractivity contribution is -0.393. The topological polar surface area (TPSA) is 139 Å². The molecule has 0 amide bonds. The first-order chi connectivity index (χ1) is 12.6. The molecule has 0 aliphatic rings. The molecular weight excluding hydrogens is 340 g/mol. The number of anilines is 1. The molecule has 0 aliphatic heterocycles. The summed E-state index contributed by atoms with van der Waals surface area (Å²) >= 11 is 0. The first-order valence-electron chi connectivity index (χ1n) is 7.37. The van der Waals surface area contributed by atoms with E-state index in [1.807, 2.05) is 30.3 Å². The van der Waals surface area contributed by atoms with Gasteiger partial charge in [0.1, 0.15) is 5.69 Å². The smallest absolute Gasteiger partial charge is 0.277 e. The Bertz CT molecular complexity index is 983. The minimum atomic E-state index is -0.710. The van der Waals surface area contributed by atoms with Crippen LogP contribution in [-0.4, -0.2) is 26.3 Å². The van der Waals surface area contributed by atoms with E-state index >= 15 is 0 Å². The van der Waals surface area contributed by atoms with Crippen molar-refractivity contribution in [3.05, 3.63) is 80.5 Å². The molecule has 0 saturated carbocycles. The molecule has 1 heterocycles. The van der Waals surface area contributed by atoms with E-state index in [0.717, 1.165) is 23.4 Å². The summed E-state index contributed by atoms with van der Waals surface area (Å²) in [5.74, 6) is 0. The molecule has 3 rings (SSSR count). The third-order valence-corrected chi connectivity index (χ3v) is 3.51. The van der Waals surface area contributed by atoms with Gasteiger partial charge < -0.3 is 0 Å². The minimum Gasteiger partial charge on any atom is -0.277 e. The number of nitro groups is 2. The van der Waals surface area contributed by atoms with Crippen LogP contribution in [0, 0.1) is 20.2 Å². The average Bonchev–Trinajstić information content (AvgIpc) is 3.11. The number of hydrazone groups is 1. The lowest BCUT2D eigenvalue weighted by Crippen LogP contribution is -1.98. The molecule has 0 fully saturated rings. The second kappa shape index (κ2) is 7.21. The zero-order valence-electron chi connectivity index (χ0n) is 13.2. The van der Waals surface area contributed by atoms with Gasteiger partial charge in [0, 0.05) is 17.2 Å². The molecule has 3 aromatic rings. The van der Waals surface area contributed by atoms with Gasteiger partial charge in [-0.25, -0.2) is 0 Å². The Morgan fingerprint density at radius 2 is 1.85 bits per heavy atom. The van der Waals surface area contributed by atoms with Gasteiger partial charge >= 0.3 is 5.69 Å². The normalized spacial score (nSPS) is 10.8. The highest BCUT2D eigenvalue weighted by Crippen LogP contribution is 2.29. The summed E-state index contributed by atoms with van der Waals surface area (Å²) in [6.45, 7) is 0. The van der Waals surface area contributed by atoms with Crippen LogP contribution in [0.1, 0.15) is 5.56 Å². The van der Waals surface area contributed by atoms with Gasteiger partial charge in [-0.05, 0) is 6.07 Å². The van der Waals surface area contributed by atoms with E-state index in [2.05, 4.69) is 20.7 Å². The number of hydrogen-bond acceptors (Lipinski definition) is 7. The second-order valence-electron chi connectivity index (χ2n) is 5.15. The first-order valence-corrected chi connectivity index (χ1v) is 7.37. The van der Waals surface area contributed by atoms with E-state index in [9.17, 15) is 20.2 Å². The fourth-order valence-corrected chi connectivity index (χ4v) is 2.28. The number of nitro benzene ring substituents is 2. The van der Waals surface area contributed by atoms with Crippen LogP contribution in [0.25, 0.3) is 11.3 Å². The van der Waals surface area contributed by atoms with Crippen molar-refractivity contribution in [2.75, 3.05) is 5.43 Å². The molecule has 0 saturated heterocycles. The number of non-ortho nitro benzene ring substituents is 1. The van der Waals surface area contributed by atoms with Crippen LogP contribution >= 0.6 is 0 Å². The summed E-state index contributed by atoms with van der Waals surface area (Å²) in [7, 11) is 0. The van der Waals surface area contributed by atoms with Crippen LogP contribution in [0.3, 0.4) is 0 Å². The predicted octanol–water partition coefficient (Wildman–Crippen LogP) is 3.34. The van der Waals surface area contributed by atoms with Crippen LogP contribution in [-0.2, 0) is 0 Å². The van der Waals surface area contributed by atoms with E-state index in [0.29, 0.717) is 5.56 Å². The molecule has 26 heavy (non-hydrogen) atoms. The zero-order chi connectivity index (χ0) is 18.5. The highest BCUT2D eigenvalue weighted by Gasteiger charge is 2.19. The Morgan fingerprint density at radius 1 is 1.08 bits per heavy atom. The zero-order valence-corrected chi connectivity index (χ0v) is 13.2. The van der Waals surface area contributed by atoms with Crippen molar-refractivity contribution in [2.45, 2.75) is 0 Å². The lowest BCUT2D eigenvalue weighted by Gasteiger charge is -2.02. The summed E-state index contributed by atoms with van der Waals surface area (Å²) < 4.78 is 0. The monoisotopic (exact) mass is 352 g/mol. The van der Waals surface area contributed by atoms with E-state index in [1.165, 1.54) is 12.3 Å². The molecule has 130 valence electrons. The third kappa shape index (κ3) is 3.53. The number of H-pyrrole nitrogens is 1. The van der Waals surface area contributed by atoms with Crippen LogP contribution < -0.4 is 5.43 Å². The summed E-state index contributed by atoms with van der Waals surface area (Å²) in [6.07, 6.45) is 3.02. The fourth-order valence-electron chi connectivity index (χ4n) is 2.28. The average molecular weight is 352 g/mol. The standard InChI is InChI=1S/C16H12N6O4/c23-21(24)13-6-7-14(15(8-13)22(25)26)19-17-9-12-10-18-20-16(12)11-4-2-1-3-5-11/h1-10,19H,(H,18,20)/b17-9-. The van der Waals surface area contributed by atoms with Crippen molar-refractivity contribution in [1.82, 2.24) is 10.2 Å². The van der Waals surface area contributed by atoms with E-state index in [4.69, 9.17) is 0 Å². The summed E-state index contributed by atoms with van der Waals surface area (Å²) in [6, 6.07) is 12.7. The Kier molecular flexibility index (Phi) is 4.65. The van der Waals surface area contributed by atoms with Crippen LogP contribution in [0.4, 0.5) is 17.1 Å². The number of benzene rings is 2. The Morgan fingerprint density at radius 3 is 2.54 bits per heavy atom. The van der Waals surface area contributed by atoms with Gasteiger partial charge in [0.15, 0.2) is 0 Å². The van der Waals surface area contributed by atoms with Crippen LogP contribution in [0.15, 0.2) is 59.8 Å². The molecule has 0 aliphatic carbocycles. The van der Waals surface area contributed by atoms with Gasteiger partial charge in [-0.15, -0.1) is 0 Å². The molecule has 0 spiro atoms. The van der Waals surface area contributed by atoms with E-state index in [1.54, 1.807) is 6.20 Å². The number of aromatic amines is 1. The van der Waals surface area contributed by atoms with E-state index in [-0.39, 0.29) is 11.4 Å². The molecule has 1 aromatic heterocycles. The maximum absolute atomic E-state index is 11.1. The Labute approximate surface area is 146 Å². The molecule has 0 radical (unpaired) electrons. The molecule has 10 heteroatoms. The van der Waals surface area contributed by atoms with Crippen molar-refractivity contribution in [3.63, 3.8) is 0 Å². The molecule has 0 atom stereocenters. The van der Waals surface area contributed by atoms with Crippen molar-refractivity contribution in [1.29, 1.82) is 0 Å². The fraction of sp³-hybridized carbons (Fsp3) is 0. The molecule has 0 bridgehead atoms. The molecule has 0 unspecified atom stereocenters. The largest absolute Gasteiger partial charge is 0.301 e. The van der Waals surface area contributed by atoms with Crippen molar-refractivity contribution in [2.24, 2.45) is 5.10 Å². The molecular formula is C16H12N6O4.